The van der Waals surface area contributed by atoms with Crippen molar-refractivity contribution in [3.63, 3.8) is 0 Å². The predicted molar refractivity (Wildman–Crippen MR) is 86.5 cm³/mol. The Bertz CT molecular complexity index is 430. The number of aromatic hydroxyl groups is 1. The number of phenolic OH excluding ortho intramolecular Hbond substituents is 1. The van der Waals surface area contributed by atoms with Gasteiger partial charge in [-0.3, -0.25) is 4.79 Å². The molecule has 0 bridgehead atoms. The van der Waals surface area contributed by atoms with Crippen LogP contribution in [-0.4, -0.2) is 29.0 Å². The highest BCUT2D eigenvalue weighted by Crippen LogP contribution is 2.22. The van der Waals surface area contributed by atoms with Gasteiger partial charge in [-0.15, -0.1) is 0 Å². The average molecular weight is 375 g/mol. The molecule has 0 saturated heterocycles. The van der Waals surface area contributed by atoms with Crippen LogP contribution in [0.2, 0.25) is 0 Å². The molecule has 1 aromatic carbocycles. The molecular formula is C15H22INO2. The van der Waals surface area contributed by atoms with Gasteiger partial charge in [-0.05, 0) is 53.6 Å². The number of phenols is 1. The van der Waals surface area contributed by atoms with Crippen LogP contribution >= 0.6 is 22.6 Å². The van der Waals surface area contributed by atoms with Crippen molar-refractivity contribution in [2.75, 3.05) is 13.1 Å². The van der Waals surface area contributed by atoms with Gasteiger partial charge in [0.1, 0.15) is 5.75 Å². The number of rotatable bonds is 6. The van der Waals surface area contributed by atoms with Crippen molar-refractivity contribution in [3.05, 3.63) is 27.3 Å². The van der Waals surface area contributed by atoms with Gasteiger partial charge in [0.05, 0.1) is 3.57 Å². The zero-order valence-electron chi connectivity index (χ0n) is 11.8. The Kier molecular flexibility index (Phi) is 6.62. The highest BCUT2D eigenvalue weighted by atomic mass is 127. The Labute approximate surface area is 129 Å². The highest BCUT2D eigenvalue weighted by molar-refractivity contribution is 14.1. The molecule has 3 nitrogen and oxygen atoms in total. The summed E-state index contributed by atoms with van der Waals surface area (Å²) in [7, 11) is 0. The van der Waals surface area contributed by atoms with Crippen molar-refractivity contribution in [3.8, 4) is 5.75 Å². The largest absolute Gasteiger partial charge is 0.507 e. The van der Waals surface area contributed by atoms with E-state index in [2.05, 4.69) is 13.8 Å². The second-order valence-electron chi connectivity index (χ2n) is 4.69. The first kappa shape index (κ1) is 16.3. The molecule has 1 amide bonds. The van der Waals surface area contributed by atoms with E-state index in [1.54, 1.807) is 18.2 Å². The molecule has 1 N–H and O–H groups in total. The number of carbonyl (C=O) groups is 1. The molecule has 0 radical (unpaired) electrons. The summed E-state index contributed by atoms with van der Waals surface area (Å²) in [5.74, 6) is 0.715. The Balaban J connectivity index is 2.85. The third kappa shape index (κ3) is 4.37. The van der Waals surface area contributed by atoms with E-state index in [0.717, 1.165) is 23.0 Å². The first-order valence-electron chi connectivity index (χ1n) is 6.81. The molecule has 0 saturated carbocycles. The molecule has 0 fully saturated rings. The molecule has 106 valence electrons. The van der Waals surface area contributed by atoms with E-state index >= 15 is 0 Å². The van der Waals surface area contributed by atoms with Gasteiger partial charge < -0.3 is 10.0 Å². The maximum atomic E-state index is 12.4. The Morgan fingerprint density at radius 2 is 1.95 bits per heavy atom. The minimum Gasteiger partial charge on any atom is -0.507 e. The number of halogens is 1. The van der Waals surface area contributed by atoms with Gasteiger partial charge in [0, 0.05) is 18.7 Å². The summed E-state index contributed by atoms with van der Waals surface area (Å²) < 4.78 is 0.761. The fraction of sp³-hybridized carbons (Fsp3) is 0.533. The topological polar surface area (TPSA) is 40.5 Å². The Morgan fingerprint density at radius 1 is 1.32 bits per heavy atom. The van der Waals surface area contributed by atoms with Crippen molar-refractivity contribution < 1.29 is 9.90 Å². The van der Waals surface area contributed by atoms with E-state index in [4.69, 9.17) is 0 Å². The second-order valence-corrected chi connectivity index (χ2v) is 5.85. The molecule has 1 rings (SSSR count). The summed E-state index contributed by atoms with van der Waals surface area (Å²) in [5, 5.41) is 9.70. The zero-order valence-corrected chi connectivity index (χ0v) is 14.0. The first-order valence-corrected chi connectivity index (χ1v) is 7.89. The third-order valence-corrected chi connectivity index (χ3v) is 4.41. The number of carbonyl (C=O) groups excluding carboxylic acids is 1. The summed E-state index contributed by atoms with van der Waals surface area (Å²) >= 11 is 2.05. The number of hydrogen-bond donors (Lipinski definition) is 1. The van der Waals surface area contributed by atoms with E-state index in [-0.39, 0.29) is 11.7 Å². The summed E-state index contributed by atoms with van der Waals surface area (Å²) in [6.45, 7) is 7.79. The Hall–Kier alpha value is -0.780. The smallest absolute Gasteiger partial charge is 0.253 e. The maximum absolute atomic E-state index is 12.4. The van der Waals surface area contributed by atoms with E-state index in [1.807, 2.05) is 34.4 Å². The molecule has 0 aliphatic carbocycles. The molecule has 0 aromatic heterocycles. The minimum atomic E-state index is 0.00102. The lowest BCUT2D eigenvalue weighted by Gasteiger charge is -2.25. The fourth-order valence-electron chi connectivity index (χ4n) is 2.04. The molecule has 0 atom stereocenters. The van der Waals surface area contributed by atoms with Crippen molar-refractivity contribution in [1.82, 2.24) is 4.90 Å². The quantitative estimate of drug-likeness (QED) is 0.767. The average Bonchev–Trinajstić information content (AvgIpc) is 2.42. The number of hydrogen-bond acceptors (Lipinski definition) is 2. The van der Waals surface area contributed by atoms with Crippen LogP contribution in [0.4, 0.5) is 0 Å². The maximum Gasteiger partial charge on any atom is 0.253 e. The molecule has 4 heteroatoms. The molecular weight excluding hydrogens is 353 g/mol. The molecule has 1 aromatic rings. The minimum absolute atomic E-state index is 0.00102. The normalized spacial score (nSPS) is 10.8. The number of benzene rings is 1. The van der Waals surface area contributed by atoms with E-state index in [0.29, 0.717) is 18.0 Å². The van der Waals surface area contributed by atoms with Crippen LogP contribution in [-0.2, 0) is 0 Å². The SMILES string of the molecule is CCC(CC)CN(CC)C(=O)c1ccc(I)c(O)c1. The van der Waals surface area contributed by atoms with Crippen LogP contribution in [0, 0.1) is 9.49 Å². The Morgan fingerprint density at radius 3 is 2.42 bits per heavy atom. The van der Waals surface area contributed by atoms with Gasteiger partial charge >= 0.3 is 0 Å². The van der Waals surface area contributed by atoms with Crippen molar-refractivity contribution in [1.29, 1.82) is 0 Å². The van der Waals surface area contributed by atoms with Crippen LogP contribution in [0.1, 0.15) is 44.0 Å². The summed E-state index contributed by atoms with van der Waals surface area (Å²) in [6.07, 6.45) is 2.16. The molecule has 0 spiro atoms. The summed E-state index contributed by atoms with van der Waals surface area (Å²) in [5.41, 5.74) is 0.561. The van der Waals surface area contributed by atoms with Gasteiger partial charge in [0.25, 0.3) is 5.91 Å². The van der Waals surface area contributed by atoms with Gasteiger partial charge in [-0.25, -0.2) is 0 Å². The van der Waals surface area contributed by atoms with E-state index < -0.39 is 0 Å². The monoisotopic (exact) mass is 375 g/mol. The fourth-order valence-corrected chi connectivity index (χ4v) is 2.38. The summed E-state index contributed by atoms with van der Waals surface area (Å²) in [6, 6.07) is 5.10. The molecule has 0 unspecified atom stereocenters. The number of nitrogens with zero attached hydrogens (tertiary/aromatic N) is 1. The van der Waals surface area contributed by atoms with Gasteiger partial charge in [0.15, 0.2) is 0 Å². The highest BCUT2D eigenvalue weighted by Gasteiger charge is 2.18. The van der Waals surface area contributed by atoms with Gasteiger partial charge in [-0.2, -0.15) is 0 Å². The lowest BCUT2D eigenvalue weighted by Crippen LogP contribution is -2.35. The first-order chi connectivity index (χ1) is 9.03. The van der Waals surface area contributed by atoms with Crippen molar-refractivity contribution >= 4 is 28.5 Å². The lowest BCUT2D eigenvalue weighted by molar-refractivity contribution is 0.0734. The van der Waals surface area contributed by atoms with Gasteiger partial charge in [-0.1, -0.05) is 26.7 Å². The summed E-state index contributed by atoms with van der Waals surface area (Å²) in [4.78, 5) is 14.3. The zero-order chi connectivity index (χ0) is 14.4. The molecule has 19 heavy (non-hydrogen) atoms. The van der Waals surface area contributed by atoms with Gasteiger partial charge in [0.2, 0.25) is 0 Å². The van der Waals surface area contributed by atoms with E-state index in [9.17, 15) is 9.90 Å². The standard InChI is InChI=1S/C15H22INO2/c1-4-11(5-2)10-17(6-3)15(19)12-7-8-13(16)14(18)9-12/h7-9,11,18H,4-6,10H2,1-3H3. The number of amides is 1. The van der Waals surface area contributed by atoms with Crippen molar-refractivity contribution in [2.45, 2.75) is 33.6 Å². The van der Waals surface area contributed by atoms with Crippen LogP contribution in [0.15, 0.2) is 18.2 Å². The third-order valence-electron chi connectivity index (χ3n) is 3.50. The van der Waals surface area contributed by atoms with Crippen LogP contribution in [0.5, 0.6) is 5.75 Å². The lowest BCUT2D eigenvalue weighted by atomic mass is 10.0. The molecule has 0 heterocycles. The van der Waals surface area contributed by atoms with Crippen LogP contribution in [0.25, 0.3) is 0 Å². The van der Waals surface area contributed by atoms with Crippen LogP contribution in [0.3, 0.4) is 0 Å². The second kappa shape index (κ2) is 7.72. The van der Waals surface area contributed by atoms with Crippen molar-refractivity contribution in [2.24, 2.45) is 5.92 Å². The van der Waals surface area contributed by atoms with E-state index in [1.165, 1.54) is 0 Å². The predicted octanol–water partition coefficient (Wildman–Crippen LogP) is 3.90. The van der Waals surface area contributed by atoms with Crippen LogP contribution < -0.4 is 0 Å². The molecule has 0 aliphatic heterocycles. The molecule has 0 aliphatic rings.